The van der Waals surface area contributed by atoms with E-state index >= 15 is 0 Å². The molecular formula is C13H23BrN2O. The van der Waals surface area contributed by atoms with Crippen molar-refractivity contribution >= 4 is 15.9 Å². The van der Waals surface area contributed by atoms with Crippen LogP contribution in [0.1, 0.15) is 45.5 Å². The van der Waals surface area contributed by atoms with Crippen molar-refractivity contribution in [3.63, 3.8) is 0 Å². The molecule has 0 spiro atoms. The Morgan fingerprint density at radius 3 is 2.47 bits per heavy atom. The van der Waals surface area contributed by atoms with Gasteiger partial charge in [-0.1, -0.05) is 27.2 Å². The third-order valence-corrected chi connectivity index (χ3v) is 4.62. The fourth-order valence-corrected chi connectivity index (χ4v) is 2.72. The summed E-state index contributed by atoms with van der Waals surface area (Å²) in [5.74, 6) is 0.273. The molecule has 0 aliphatic rings. The summed E-state index contributed by atoms with van der Waals surface area (Å²) in [6.07, 6.45) is 2.51. The van der Waals surface area contributed by atoms with Gasteiger partial charge in [-0.25, -0.2) is 0 Å². The monoisotopic (exact) mass is 302 g/mol. The molecule has 2 atom stereocenters. The number of hydrogen-bond acceptors (Lipinski definition) is 2. The van der Waals surface area contributed by atoms with Gasteiger partial charge in [-0.15, -0.1) is 0 Å². The molecule has 0 saturated carbocycles. The lowest BCUT2D eigenvalue weighted by Crippen LogP contribution is -2.35. The summed E-state index contributed by atoms with van der Waals surface area (Å²) >= 11 is 3.59. The topological polar surface area (TPSA) is 38.0 Å². The average molecular weight is 303 g/mol. The van der Waals surface area contributed by atoms with Crippen LogP contribution in [0.5, 0.6) is 0 Å². The largest absolute Gasteiger partial charge is 0.389 e. The molecule has 1 N–H and O–H groups in total. The van der Waals surface area contributed by atoms with Crippen molar-refractivity contribution in [3.8, 4) is 0 Å². The summed E-state index contributed by atoms with van der Waals surface area (Å²) in [5, 5.41) is 15.0. The van der Waals surface area contributed by atoms with Crippen LogP contribution in [0, 0.1) is 5.92 Å². The van der Waals surface area contributed by atoms with Crippen molar-refractivity contribution in [1.29, 1.82) is 0 Å². The number of halogens is 1. The van der Waals surface area contributed by atoms with Crippen molar-refractivity contribution in [3.05, 3.63) is 15.9 Å². The maximum atomic E-state index is 10.5. The second-order valence-corrected chi connectivity index (χ2v) is 5.82. The minimum absolute atomic E-state index is 0.273. The maximum absolute atomic E-state index is 10.5. The average Bonchev–Trinajstić information content (AvgIpc) is 2.54. The Hall–Kier alpha value is -0.350. The molecule has 0 fully saturated rings. The lowest BCUT2D eigenvalue weighted by atomic mass is 9.85. The number of aliphatic hydroxyl groups is 1. The molecule has 3 nitrogen and oxygen atoms in total. The van der Waals surface area contributed by atoms with Gasteiger partial charge in [-0.2, -0.15) is 5.10 Å². The minimum atomic E-state index is -0.684. The number of nitrogens with zero attached hydrogens (tertiary/aromatic N) is 2. The predicted octanol–water partition coefficient (Wildman–Crippen LogP) is 3.08. The van der Waals surface area contributed by atoms with E-state index in [1.54, 1.807) is 0 Å². The van der Waals surface area contributed by atoms with E-state index in [-0.39, 0.29) is 5.92 Å². The molecule has 4 heteroatoms. The Balaban J connectivity index is 2.99. The molecule has 1 rings (SSSR count). The van der Waals surface area contributed by atoms with E-state index in [1.165, 1.54) is 0 Å². The zero-order valence-electron chi connectivity index (χ0n) is 11.4. The van der Waals surface area contributed by atoms with Gasteiger partial charge in [0.25, 0.3) is 0 Å². The predicted molar refractivity (Wildman–Crippen MR) is 74.1 cm³/mol. The smallest absolute Gasteiger partial charge is 0.0766 e. The van der Waals surface area contributed by atoms with E-state index in [0.717, 1.165) is 28.7 Å². The maximum Gasteiger partial charge on any atom is 0.0766 e. The van der Waals surface area contributed by atoms with E-state index in [0.29, 0.717) is 6.42 Å². The molecule has 1 heterocycles. The Bertz CT molecular complexity index is 385. The molecule has 0 bridgehead atoms. The normalized spacial score (nSPS) is 16.9. The third-order valence-electron chi connectivity index (χ3n) is 3.70. The molecule has 98 valence electrons. The second-order valence-electron chi connectivity index (χ2n) is 5.03. The quantitative estimate of drug-likeness (QED) is 0.908. The van der Waals surface area contributed by atoms with Gasteiger partial charge in [0, 0.05) is 13.5 Å². The number of rotatable bonds is 5. The van der Waals surface area contributed by atoms with Gasteiger partial charge in [-0.3, -0.25) is 4.68 Å². The molecule has 2 unspecified atom stereocenters. The first-order valence-electron chi connectivity index (χ1n) is 6.26. The van der Waals surface area contributed by atoms with E-state index in [4.69, 9.17) is 0 Å². The number of aromatic nitrogens is 2. The molecule has 0 amide bonds. The van der Waals surface area contributed by atoms with Crippen LogP contribution in [0.3, 0.4) is 0 Å². The van der Waals surface area contributed by atoms with Gasteiger partial charge in [0.1, 0.15) is 0 Å². The van der Waals surface area contributed by atoms with E-state index in [1.807, 2.05) is 18.7 Å². The summed E-state index contributed by atoms with van der Waals surface area (Å²) in [6, 6.07) is 0. The highest BCUT2D eigenvalue weighted by Gasteiger charge is 2.30. The van der Waals surface area contributed by atoms with Gasteiger partial charge < -0.3 is 5.11 Å². The van der Waals surface area contributed by atoms with Crippen LogP contribution in [0.2, 0.25) is 0 Å². The summed E-state index contributed by atoms with van der Waals surface area (Å²) < 4.78 is 2.92. The third kappa shape index (κ3) is 3.10. The first kappa shape index (κ1) is 14.7. The molecule has 17 heavy (non-hydrogen) atoms. The SMILES string of the molecule is CCc1nn(C)c(CC(C)(O)C(C)CC)c1Br. The fourth-order valence-electron chi connectivity index (χ4n) is 1.96. The van der Waals surface area contributed by atoms with Gasteiger partial charge >= 0.3 is 0 Å². The Kier molecular flexibility index (Phi) is 4.78. The number of aryl methyl sites for hydroxylation is 2. The molecule has 0 saturated heterocycles. The van der Waals surface area contributed by atoms with Crippen molar-refractivity contribution in [2.24, 2.45) is 13.0 Å². The Labute approximate surface area is 112 Å². The molecule has 1 aromatic heterocycles. The first-order chi connectivity index (χ1) is 7.83. The molecular weight excluding hydrogens is 280 g/mol. The van der Waals surface area contributed by atoms with Crippen molar-refractivity contribution in [2.45, 2.75) is 52.6 Å². The summed E-state index contributed by atoms with van der Waals surface area (Å²) in [6.45, 7) is 8.19. The van der Waals surface area contributed by atoms with Crippen LogP contribution in [-0.4, -0.2) is 20.5 Å². The van der Waals surface area contributed by atoms with Crippen LogP contribution < -0.4 is 0 Å². The van der Waals surface area contributed by atoms with E-state index < -0.39 is 5.60 Å². The summed E-state index contributed by atoms with van der Waals surface area (Å²) in [5.41, 5.74) is 1.45. The standard InChI is InChI=1S/C13H23BrN2O/c1-6-9(3)13(4,17)8-11-12(14)10(7-2)15-16(11)5/h9,17H,6-8H2,1-5H3. The van der Waals surface area contributed by atoms with Crippen LogP contribution in [0.25, 0.3) is 0 Å². The molecule has 0 aliphatic carbocycles. The van der Waals surface area contributed by atoms with Gasteiger partial charge in [-0.05, 0) is 35.2 Å². The van der Waals surface area contributed by atoms with Crippen LogP contribution in [-0.2, 0) is 19.9 Å². The molecule has 1 aromatic rings. The molecule has 0 aromatic carbocycles. The minimum Gasteiger partial charge on any atom is -0.389 e. The van der Waals surface area contributed by atoms with E-state index in [9.17, 15) is 5.11 Å². The number of hydrogen-bond donors (Lipinski definition) is 1. The lowest BCUT2D eigenvalue weighted by Gasteiger charge is -2.29. The van der Waals surface area contributed by atoms with Crippen LogP contribution in [0.15, 0.2) is 4.47 Å². The zero-order valence-corrected chi connectivity index (χ0v) is 13.0. The summed E-state index contributed by atoms with van der Waals surface area (Å²) in [7, 11) is 1.94. The Morgan fingerprint density at radius 2 is 2.06 bits per heavy atom. The lowest BCUT2D eigenvalue weighted by molar-refractivity contribution is 0.00344. The second kappa shape index (κ2) is 5.53. The van der Waals surface area contributed by atoms with E-state index in [2.05, 4.69) is 41.8 Å². The molecule has 0 aliphatic heterocycles. The molecule has 0 radical (unpaired) electrons. The van der Waals surface area contributed by atoms with Gasteiger partial charge in [0.15, 0.2) is 0 Å². The van der Waals surface area contributed by atoms with Crippen LogP contribution in [0.4, 0.5) is 0 Å². The van der Waals surface area contributed by atoms with Crippen molar-refractivity contribution < 1.29 is 5.11 Å². The zero-order chi connectivity index (χ0) is 13.2. The van der Waals surface area contributed by atoms with Crippen molar-refractivity contribution in [2.75, 3.05) is 0 Å². The highest BCUT2D eigenvalue weighted by atomic mass is 79.9. The highest BCUT2D eigenvalue weighted by molar-refractivity contribution is 9.10. The van der Waals surface area contributed by atoms with Gasteiger partial charge in [0.05, 0.1) is 21.5 Å². The Morgan fingerprint density at radius 1 is 1.47 bits per heavy atom. The fraction of sp³-hybridized carbons (Fsp3) is 0.769. The van der Waals surface area contributed by atoms with Crippen LogP contribution >= 0.6 is 15.9 Å². The van der Waals surface area contributed by atoms with Gasteiger partial charge in [0.2, 0.25) is 0 Å². The first-order valence-corrected chi connectivity index (χ1v) is 7.05. The highest BCUT2D eigenvalue weighted by Crippen LogP contribution is 2.29. The summed E-state index contributed by atoms with van der Waals surface area (Å²) in [4.78, 5) is 0. The van der Waals surface area contributed by atoms with Crippen molar-refractivity contribution in [1.82, 2.24) is 9.78 Å².